The Morgan fingerprint density at radius 3 is 1.85 bits per heavy atom. The molecule has 2 rings (SSSR count). The fourth-order valence-corrected chi connectivity index (χ4v) is 8.85. The zero-order valence-corrected chi connectivity index (χ0v) is 22.2. The first-order valence-corrected chi connectivity index (χ1v) is 13.5. The van der Waals surface area contributed by atoms with Gasteiger partial charge in [0.2, 0.25) is 0 Å². The molecule has 0 fully saturated rings. The Kier molecular flexibility index (Phi) is 9.29. The Morgan fingerprint density at radius 1 is 0.970 bits per heavy atom. The molecule has 0 aromatic heterocycles. The van der Waals surface area contributed by atoms with E-state index >= 15 is 0 Å². The molecule has 0 amide bonds. The molecule has 2 aromatic carbocycles. The van der Waals surface area contributed by atoms with Crippen LogP contribution in [0.3, 0.4) is 0 Å². The lowest BCUT2D eigenvalue weighted by Gasteiger charge is -2.43. The molecule has 0 spiro atoms. The van der Waals surface area contributed by atoms with E-state index in [0.717, 1.165) is 0 Å². The molecule has 0 heterocycles. The molecule has 0 saturated carbocycles. The normalized spacial score (nSPS) is 14.1. The van der Waals surface area contributed by atoms with E-state index in [1.807, 2.05) is 57.2 Å². The Morgan fingerprint density at radius 2 is 1.45 bits per heavy atom. The van der Waals surface area contributed by atoms with Crippen molar-refractivity contribution in [2.75, 3.05) is 6.61 Å². The topological polar surface area (TPSA) is 68.1 Å². The van der Waals surface area contributed by atoms with E-state index in [1.165, 1.54) is 10.4 Å². The molecule has 0 saturated heterocycles. The van der Waals surface area contributed by atoms with Crippen molar-refractivity contribution >= 4 is 41.4 Å². The number of esters is 1. The standard InChI is InChI=1S/C26H36ClNO4Si/c1-25(2,3)32-23(29)19-20(24(27)28-30)17-18-31-33(26(4,5)6,21-13-9-7-10-14-21)22-15-11-8-12-16-22/h7-16,20,30H,17-19H2,1-6H3/b28-24-/t20-/m1/s1. The second kappa shape index (κ2) is 11.3. The summed E-state index contributed by atoms with van der Waals surface area (Å²) in [5.41, 5.74) is -0.601. The van der Waals surface area contributed by atoms with E-state index in [4.69, 9.17) is 20.8 Å². The van der Waals surface area contributed by atoms with Crippen molar-refractivity contribution in [3.8, 4) is 0 Å². The van der Waals surface area contributed by atoms with Gasteiger partial charge in [-0.2, -0.15) is 0 Å². The summed E-state index contributed by atoms with van der Waals surface area (Å²) in [5.74, 6) is -0.885. The average molecular weight is 490 g/mol. The van der Waals surface area contributed by atoms with Gasteiger partial charge in [-0.25, -0.2) is 0 Å². The van der Waals surface area contributed by atoms with Crippen molar-refractivity contribution in [2.24, 2.45) is 11.1 Å². The van der Waals surface area contributed by atoms with Crippen LogP contribution in [-0.4, -0.2) is 36.9 Å². The number of carbonyl (C=O) groups excluding carboxylic acids is 1. The maximum Gasteiger partial charge on any atom is 0.307 e. The lowest BCUT2D eigenvalue weighted by Crippen LogP contribution is -2.66. The first-order valence-electron chi connectivity index (χ1n) is 11.2. The number of rotatable bonds is 9. The van der Waals surface area contributed by atoms with Gasteiger partial charge in [0.1, 0.15) is 10.8 Å². The third-order valence-electron chi connectivity index (χ3n) is 5.47. The van der Waals surface area contributed by atoms with Gasteiger partial charge >= 0.3 is 5.97 Å². The van der Waals surface area contributed by atoms with Gasteiger partial charge in [-0.1, -0.05) is 98.2 Å². The van der Waals surface area contributed by atoms with Crippen molar-refractivity contribution in [1.82, 2.24) is 0 Å². The summed E-state index contributed by atoms with van der Waals surface area (Å²) < 4.78 is 12.3. The SMILES string of the molecule is CC(C)(C)OC(=O)C[C@@H](CCO[Si](c1ccccc1)(c1ccccc1)C(C)(C)C)/C(Cl)=N/O. The van der Waals surface area contributed by atoms with Gasteiger partial charge in [0.05, 0.1) is 6.42 Å². The summed E-state index contributed by atoms with van der Waals surface area (Å²) in [5, 5.41) is 14.6. The first-order chi connectivity index (χ1) is 15.4. The fraction of sp³-hybridized carbons (Fsp3) is 0.462. The van der Waals surface area contributed by atoms with Crippen LogP contribution in [0.1, 0.15) is 54.4 Å². The molecule has 7 heteroatoms. The van der Waals surface area contributed by atoms with Crippen molar-refractivity contribution in [2.45, 2.75) is 65.0 Å². The summed E-state index contributed by atoms with van der Waals surface area (Å²) in [6, 6.07) is 20.7. The predicted octanol–water partition coefficient (Wildman–Crippen LogP) is 5.33. The molecular formula is C26H36ClNO4Si. The lowest BCUT2D eigenvalue weighted by molar-refractivity contribution is -0.155. The van der Waals surface area contributed by atoms with Gasteiger partial charge in [0.15, 0.2) is 0 Å². The van der Waals surface area contributed by atoms with Crippen LogP contribution in [0.25, 0.3) is 0 Å². The molecular weight excluding hydrogens is 454 g/mol. The highest BCUT2D eigenvalue weighted by Crippen LogP contribution is 2.37. The first kappa shape index (κ1) is 27.1. The van der Waals surface area contributed by atoms with Crippen molar-refractivity contribution < 1.29 is 19.2 Å². The van der Waals surface area contributed by atoms with Crippen LogP contribution in [-0.2, 0) is 14.0 Å². The summed E-state index contributed by atoms with van der Waals surface area (Å²) in [7, 11) is -2.70. The van der Waals surface area contributed by atoms with Crippen LogP contribution >= 0.6 is 11.6 Å². The largest absolute Gasteiger partial charge is 0.460 e. The highest BCUT2D eigenvalue weighted by Gasteiger charge is 2.50. The number of oxime groups is 1. The van der Waals surface area contributed by atoms with Gasteiger partial charge in [-0.15, -0.1) is 0 Å². The van der Waals surface area contributed by atoms with Gasteiger partial charge in [-0.3, -0.25) is 4.79 Å². The van der Waals surface area contributed by atoms with E-state index in [0.29, 0.717) is 13.0 Å². The Labute approximate surface area is 203 Å². The maximum atomic E-state index is 12.4. The maximum absolute atomic E-state index is 12.4. The fourth-order valence-electron chi connectivity index (χ4n) is 4.09. The third-order valence-corrected chi connectivity index (χ3v) is 10.9. The molecule has 1 atom stereocenters. The van der Waals surface area contributed by atoms with Crippen LogP contribution in [0.5, 0.6) is 0 Å². The van der Waals surface area contributed by atoms with Gasteiger partial charge in [-0.05, 0) is 42.6 Å². The minimum absolute atomic E-state index is 0.0181. The van der Waals surface area contributed by atoms with E-state index in [-0.39, 0.29) is 22.6 Å². The van der Waals surface area contributed by atoms with E-state index in [2.05, 4.69) is 50.2 Å². The van der Waals surface area contributed by atoms with Crippen LogP contribution in [0, 0.1) is 5.92 Å². The predicted molar refractivity (Wildman–Crippen MR) is 137 cm³/mol. The minimum Gasteiger partial charge on any atom is -0.460 e. The van der Waals surface area contributed by atoms with Crippen molar-refractivity contribution in [3.63, 3.8) is 0 Å². The van der Waals surface area contributed by atoms with Gasteiger partial charge in [0, 0.05) is 12.5 Å². The summed E-state index contributed by atoms with van der Waals surface area (Å²) in [4.78, 5) is 12.4. The van der Waals surface area contributed by atoms with E-state index < -0.39 is 19.8 Å². The molecule has 5 nitrogen and oxygen atoms in total. The van der Waals surface area contributed by atoms with Gasteiger partial charge < -0.3 is 14.4 Å². The number of hydrogen-bond donors (Lipinski definition) is 1. The molecule has 0 bridgehead atoms. The zero-order valence-electron chi connectivity index (χ0n) is 20.5. The van der Waals surface area contributed by atoms with Crippen LogP contribution < -0.4 is 10.4 Å². The second-order valence-corrected chi connectivity index (χ2v) is 14.9. The number of ether oxygens (including phenoxy) is 1. The molecule has 0 aliphatic heterocycles. The van der Waals surface area contributed by atoms with Crippen molar-refractivity contribution in [1.29, 1.82) is 0 Å². The molecule has 0 radical (unpaired) electrons. The third kappa shape index (κ3) is 7.16. The smallest absolute Gasteiger partial charge is 0.307 e. The highest BCUT2D eigenvalue weighted by molar-refractivity contribution is 6.99. The number of nitrogens with zero attached hydrogens (tertiary/aromatic N) is 1. The molecule has 1 N–H and O–H groups in total. The summed E-state index contributed by atoms with van der Waals surface area (Å²) in [6.07, 6.45) is 0.441. The molecule has 0 aliphatic rings. The van der Waals surface area contributed by atoms with Gasteiger partial charge in [0.25, 0.3) is 8.32 Å². The number of halogens is 1. The Bertz CT molecular complexity index is 881. The molecule has 2 aromatic rings. The minimum atomic E-state index is -2.70. The average Bonchev–Trinajstić information content (AvgIpc) is 2.74. The quantitative estimate of drug-likeness (QED) is 0.170. The molecule has 0 unspecified atom stereocenters. The number of hydrogen-bond acceptors (Lipinski definition) is 5. The summed E-state index contributed by atoms with van der Waals surface area (Å²) >= 11 is 6.17. The highest BCUT2D eigenvalue weighted by atomic mass is 35.5. The van der Waals surface area contributed by atoms with E-state index in [1.54, 1.807) is 0 Å². The summed E-state index contributed by atoms with van der Waals surface area (Å²) in [6.45, 7) is 12.4. The lowest BCUT2D eigenvalue weighted by atomic mass is 10.0. The van der Waals surface area contributed by atoms with E-state index in [9.17, 15) is 10.0 Å². The van der Waals surface area contributed by atoms with Crippen LogP contribution in [0.4, 0.5) is 0 Å². The molecule has 180 valence electrons. The second-order valence-electron chi connectivity index (χ2n) is 10.2. The Balaban J connectivity index is 2.34. The zero-order chi connectivity index (χ0) is 24.7. The van der Waals surface area contributed by atoms with Crippen LogP contribution in [0.2, 0.25) is 5.04 Å². The Hall–Kier alpha value is -2.15. The van der Waals surface area contributed by atoms with Crippen molar-refractivity contribution in [3.05, 3.63) is 60.7 Å². The molecule has 33 heavy (non-hydrogen) atoms. The monoisotopic (exact) mass is 489 g/mol. The molecule has 0 aliphatic carbocycles. The van der Waals surface area contributed by atoms with Crippen LogP contribution in [0.15, 0.2) is 65.8 Å². The number of carbonyl (C=O) groups is 1. The number of benzene rings is 2.